The summed E-state index contributed by atoms with van der Waals surface area (Å²) < 4.78 is 0. The minimum atomic E-state index is 0.398. The number of likely N-dealkylation sites (tertiary alicyclic amines) is 2. The maximum Gasteiger partial charge on any atom is 0.225 e. The van der Waals surface area contributed by atoms with Crippen molar-refractivity contribution in [3.05, 3.63) is 0 Å². The van der Waals surface area contributed by atoms with Crippen molar-refractivity contribution >= 4 is 5.91 Å². The van der Waals surface area contributed by atoms with Gasteiger partial charge in [-0.1, -0.05) is 6.92 Å². The highest BCUT2D eigenvalue weighted by Gasteiger charge is 2.35. The van der Waals surface area contributed by atoms with Crippen LogP contribution in [-0.2, 0) is 4.79 Å². The monoisotopic (exact) mass is 264 g/mol. The average Bonchev–Trinajstić information content (AvgIpc) is 3.25. The van der Waals surface area contributed by atoms with Crippen LogP contribution in [0.25, 0.3) is 0 Å². The van der Waals surface area contributed by atoms with Gasteiger partial charge in [0.05, 0.1) is 0 Å². The number of carbonyl (C=O) groups is 1. The molecule has 0 spiro atoms. The summed E-state index contributed by atoms with van der Waals surface area (Å²) in [5.74, 6) is 2.49. The molecule has 0 aromatic rings. The Morgan fingerprint density at radius 3 is 2.47 bits per heavy atom. The SMILES string of the molecule is CC1CCN(C[C@@H]2CCCN(C(=O)C3CC3)C2)CC1. The molecule has 0 aromatic carbocycles. The number of nitrogens with zero attached hydrogens (tertiary/aromatic N) is 2. The van der Waals surface area contributed by atoms with Crippen LogP contribution in [0.4, 0.5) is 0 Å². The Morgan fingerprint density at radius 1 is 1.05 bits per heavy atom. The lowest BCUT2D eigenvalue weighted by atomic mass is 9.94. The van der Waals surface area contributed by atoms with Gasteiger partial charge < -0.3 is 9.80 Å². The van der Waals surface area contributed by atoms with Gasteiger partial charge in [-0.3, -0.25) is 4.79 Å². The molecule has 3 rings (SSSR count). The predicted molar refractivity (Wildman–Crippen MR) is 76.9 cm³/mol. The van der Waals surface area contributed by atoms with Crippen LogP contribution in [0, 0.1) is 17.8 Å². The molecule has 1 saturated carbocycles. The van der Waals surface area contributed by atoms with Crippen LogP contribution in [0.2, 0.25) is 0 Å². The van der Waals surface area contributed by atoms with E-state index in [0.29, 0.717) is 11.8 Å². The molecule has 2 saturated heterocycles. The van der Waals surface area contributed by atoms with Crippen molar-refractivity contribution in [2.45, 2.75) is 45.4 Å². The van der Waals surface area contributed by atoms with Gasteiger partial charge in [-0.15, -0.1) is 0 Å². The number of carbonyl (C=O) groups excluding carboxylic acids is 1. The molecule has 0 bridgehead atoms. The number of hydrogen-bond donors (Lipinski definition) is 0. The second-order valence-electron chi connectivity index (χ2n) is 7.05. The normalized spacial score (nSPS) is 30.6. The topological polar surface area (TPSA) is 23.6 Å². The summed E-state index contributed by atoms with van der Waals surface area (Å²) >= 11 is 0. The molecule has 2 aliphatic heterocycles. The van der Waals surface area contributed by atoms with E-state index in [0.717, 1.165) is 37.8 Å². The second kappa shape index (κ2) is 5.82. The summed E-state index contributed by atoms with van der Waals surface area (Å²) in [5.41, 5.74) is 0. The van der Waals surface area contributed by atoms with Gasteiger partial charge in [-0.25, -0.2) is 0 Å². The fraction of sp³-hybridized carbons (Fsp3) is 0.938. The molecule has 0 aromatic heterocycles. The van der Waals surface area contributed by atoms with E-state index in [1.54, 1.807) is 0 Å². The Bertz CT molecular complexity index is 319. The number of hydrogen-bond acceptors (Lipinski definition) is 2. The zero-order chi connectivity index (χ0) is 13.2. The van der Waals surface area contributed by atoms with Gasteiger partial charge in [-0.2, -0.15) is 0 Å². The molecule has 108 valence electrons. The third kappa shape index (κ3) is 3.50. The first-order chi connectivity index (χ1) is 9.22. The summed E-state index contributed by atoms with van der Waals surface area (Å²) in [6.45, 7) is 8.18. The van der Waals surface area contributed by atoms with Crippen LogP contribution in [-0.4, -0.2) is 48.4 Å². The fourth-order valence-electron chi connectivity index (χ4n) is 3.61. The van der Waals surface area contributed by atoms with Gasteiger partial charge in [0.15, 0.2) is 0 Å². The molecule has 2 heterocycles. The zero-order valence-corrected chi connectivity index (χ0v) is 12.3. The van der Waals surface area contributed by atoms with Gasteiger partial charge >= 0.3 is 0 Å². The first-order valence-electron chi connectivity index (χ1n) is 8.23. The lowest BCUT2D eigenvalue weighted by molar-refractivity contribution is -0.134. The van der Waals surface area contributed by atoms with Crippen molar-refractivity contribution in [2.75, 3.05) is 32.7 Å². The summed E-state index contributed by atoms with van der Waals surface area (Å²) in [4.78, 5) is 17.0. The third-order valence-corrected chi connectivity index (χ3v) is 5.15. The smallest absolute Gasteiger partial charge is 0.225 e. The molecule has 3 aliphatic rings. The van der Waals surface area contributed by atoms with E-state index in [4.69, 9.17) is 0 Å². The Balaban J connectivity index is 1.46. The van der Waals surface area contributed by atoms with Crippen molar-refractivity contribution in [3.8, 4) is 0 Å². The van der Waals surface area contributed by atoms with Crippen molar-refractivity contribution in [2.24, 2.45) is 17.8 Å². The lowest BCUT2D eigenvalue weighted by Crippen LogP contribution is -2.45. The molecule has 0 N–H and O–H groups in total. The van der Waals surface area contributed by atoms with Gasteiger partial charge in [0, 0.05) is 25.6 Å². The molecular formula is C16H28N2O. The first-order valence-corrected chi connectivity index (χ1v) is 8.23. The highest BCUT2D eigenvalue weighted by Crippen LogP contribution is 2.32. The fourth-order valence-corrected chi connectivity index (χ4v) is 3.61. The summed E-state index contributed by atoms with van der Waals surface area (Å²) in [6, 6.07) is 0. The van der Waals surface area contributed by atoms with Crippen LogP contribution in [0.15, 0.2) is 0 Å². The molecule has 3 heteroatoms. The number of amides is 1. The largest absolute Gasteiger partial charge is 0.342 e. The predicted octanol–water partition coefficient (Wildman–Crippen LogP) is 2.37. The summed E-state index contributed by atoms with van der Waals surface area (Å²) in [7, 11) is 0. The number of rotatable bonds is 3. The van der Waals surface area contributed by atoms with E-state index in [1.807, 2.05) is 0 Å². The van der Waals surface area contributed by atoms with Gasteiger partial charge in [0.1, 0.15) is 0 Å². The lowest BCUT2D eigenvalue weighted by Gasteiger charge is -2.38. The van der Waals surface area contributed by atoms with Crippen LogP contribution < -0.4 is 0 Å². The molecule has 3 nitrogen and oxygen atoms in total. The van der Waals surface area contributed by atoms with Crippen molar-refractivity contribution in [3.63, 3.8) is 0 Å². The van der Waals surface area contributed by atoms with Gasteiger partial charge in [-0.05, 0) is 63.5 Å². The van der Waals surface area contributed by atoms with Crippen molar-refractivity contribution < 1.29 is 4.79 Å². The van der Waals surface area contributed by atoms with Gasteiger partial charge in [0.25, 0.3) is 0 Å². The van der Waals surface area contributed by atoms with Crippen LogP contribution >= 0.6 is 0 Å². The summed E-state index contributed by atoms with van der Waals surface area (Å²) in [6.07, 6.45) is 7.54. The van der Waals surface area contributed by atoms with E-state index in [-0.39, 0.29) is 0 Å². The molecule has 19 heavy (non-hydrogen) atoms. The zero-order valence-electron chi connectivity index (χ0n) is 12.3. The molecule has 3 fully saturated rings. The minimum absolute atomic E-state index is 0.398. The Labute approximate surface area is 117 Å². The second-order valence-corrected chi connectivity index (χ2v) is 7.05. The minimum Gasteiger partial charge on any atom is -0.342 e. The molecular weight excluding hydrogens is 236 g/mol. The Hall–Kier alpha value is -0.570. The third-order valence-electron chi connectivity index (χ3n) is 5.15. The molecule has 1 amide bonds. The standard InChI is InChI=1S/C16H28N2O/c1-13-6-9-17(10-7-13)11-14-3-2-8-18(12-14)16(19)15-4-5-15/h13-15H,2-12H2,1H3/t14-/m0/s1. The molecule has 1 aliphatic carbocycles. The average molecular weight is 264 g/mol. The van der Waals surface area contributed by atoms with Crippen molar-refractivity contribution in [1.82, 2.24) is 9.80 Å². The van der Waals surface area contributed by atoms with E-state index < -0.39 is 0 Å². The van der Waals surface area contributed by atoms with E-state index in [1.165, 1.54) is 45.3 Å². The van der Waals surface area contributed by atoms with Gasteiger partial charge in [0.2, 0.25) is 5.91 Å². The molecule has 0 unspecified atom stereocenters. The van der Waals surface area contributed by atoms with Crippen molar-refractivity contribution in [1.29, 1.82) is 0 Å². The summed E-state index contributed by atoms with van der Waals surface area (Å²) in [5, 5.41) is 0. The first kappa shape index (κ1) is 13.4. The van der Waals surface area contributed by atoms with E-state index >= 15 is 0 Å². The highest BCUT2D eigenvalue weighted by atomic mass is 16.2. The Kier molecular flexibility index (Phi) is 4.11. The maximum absolute atomic E-state index is 12.2. The van der Waals surface area contributed by atoms with E-state index in [9.17, 15) is 4.79 Å². The molecule has 1 atom stereocenters. The van der Waals surface area contributed by atoms with Crippen LogP contribution in [0.3, 0.4) is 0 Å². The highest BCUT2D eigenvalue weighted by molar-refractivity contribution is 5.81. The quantitative estimate of drug-likeness (QED) is 0.781. The maximum atomic E-state index is 12.2. The van der Waals surface area contributed by atoms with E-state index in [2.05, 4.69) is 16.7 Å². The Morgan fingerprint density at radius 2 is 1.79 bits per heavy atom. The number of piperidine rings is 2. The van der Waals surface area contributed by atoms with Crippen LogP contribution in [0.5, 0.6) is 0 Å². The molecule has 0 radical (unpaired) electrons. The van der Waals surface area contributed by atoms with Crippen LogP contribution in [0.1, 0.15) is 45.4 Å².